The number of urea groups is 1. The van der Waals surface area contributed by atoms with Gasteiger partial charge in [0.15, 0.2) is 5.13 Å². The van der Waals surface area contributed by atoms with Crippen LogP contribution in [0.3, 0.4) is 0 Å². The summed E-state index contributed by atoms with van der Waals surface area (Å²) < 4.78 is 0.932. The van der Waals surface area contributed by atoms with Crippen LogP contribution >= 0.6 is 11.3 Å². The zero-order valence-corrected chi connectivity index (χ0v) is 11.1. The Hall–Kier alpha value is -2.59. The molecule has 0 bridgehead atoms. The Morgan fingerprint density at radius 2 is 2.20 bits per heavy atom. The number of nitrogens with one attached hydrogen (secondary N) is 2. The monoisotopic (exact) mass is 289 g/mol. The van der Waals surface area contributed by atoms with Gasteiger partial charge in [-0.25, -0.2) is 14.6 Å². The first-order valence-corrected chi connectivity index (χ1v) is 6.51. The van der Waals surface area contributed by atoms with E-state index in [0.29, 0.717) is 5.13 Å². The summed E-state index contributed by atoms with van der Waals surface area (Å²) in [5.74, 6) is 1.03. The third kappa shape index (κ3) is 3.24. The summed E-state index contributed by atoms with van der Waals surface area (Å²) in [6, 6.07) is 5.67. The minimum atomic E-state index is -1.18. The average Bonchev–Trinajstić information content (AvgIpc) is 2.79. The normalized spacial score (nSPS) is 11.6. The third-order valence-corrected chi connectivity index (χ3v) is 3.39. The van der Waals surface area contributed by atoms with Gasteiger partial charge in [0.2, 0.25) is 0 Å². The van der Waals surface area contributed by atoms with Gasteiger partial charge in [0.05, 0.1) is 10.2 Å². The van der Waals surface area contributed by atoms with Crippen molar-refractivity contribution in [1.82, 2.24) is 10.3 Å². The maximum Gasteiger partial charge on any atom is 0.327 e. The molecule has 0 saturated heterocycles. The number of carboxylic acid groups (broad SMARTS) is 1. The summed E-state index contributed by atoms with van der Waals surface area (Å²) >= 11 is 1.30. The topological polar surface area (TPSA) is 91.3 Å². The molecule has 1 unspecified atom stereocenters. The van der Waals surface area contributed by atoms with Crippen molar-refractivity contribution in [3.8, 4) is 12.3 Å². The molecule has 0 aliphatic carbocycles. The minimum Gasteiger partial charge on any atom is -0.480 e. The molecule has 6 nitrogen and oxygen atoms in total. The van der Waals surface area contributed by atoms with E-state index in [1.54, 1.807) is 0 Å². The number of benzene rings is 1. The van der Waals surface area contributed by atoms with Crippen LogP contribution in [-0.2, 0) is 4.79 Å². The van der Waals surface area contributed by atoms with Gasteiger partial charge in [-0.15, -0.1) is 12.3 Å². The molecule has 7 heteroatoms. The van der Waals surface area contributed by atoms with Crippen molar-refractivity contribution in [1.29, 1.82) is 0 Å². The Bertz CT molecular complexity index is 656. The second-order valence-electron chi connectivity index (χ2n) is 3.88. The van der Waals surface area contributed by atoms with Gasteiger partial charge in [0.25, 0.3) is 0 Å². The van der Waals surface area contributed by atoms with E-state index in [1.807, 2.05) is 24.3 Å². The predicted octanol–water partition coefficient (Wildman–Crippen LogP) is 1.89. The van der Waals surface area contributed by atoms with Crippen molar-refractivity contribution in [2.45, 2.75) is 12.5 Å². The number of para-hydroxylation sites is 1. The van der Waals surface area contributed by atoms with Crippen LogP contribution in [-0.4, -0.2) is 28.1 Å². The molecule has 102 valence electrons. The highest BCUT2D eigenvalue weighted by Crippen LogP contribution is 2.25. The van der Waals surface area contributed by atoms with Gasteiger partial charge in [0.1, 0.15) is 6.04 Å². The Morgan fingerprint density at radius 1 is 1.45 bits per heavy atom. The lowest BCUT2D eigenvalue weighted by Crippen LogP contribution is -2.42. The van der Waals surface area contributed by atoms with Crippen LogP contribution in [0.15, 0.2) is 24.3 Å². The fourth-order valence-electron chi connectivity index (χ4n) is 1.54. The molecule has 0 aliphatic heterocycles. The lowest BCUT2D eigenvalue weighted by atomic mass is 10.2. The number of aromatic nitrogens is 1. The first-order chi connectivity index (χ1) is 9.60. The van der Waals surface area contributed by atoms with Crippen LogP contribution in [0.25, 0.3) is 10.2 Å². The number of terminal acetylenes is 1. The Labute approximate surface area is 118 Å². The summed E-state index contributed by atoms with van der Waals surface area (Å²) in [5.41, 5.74) is 0.770. The maximum absolute atomic E-state index is 11.7. The second kappa shape index (κ2) is 6.04. The molecule has 0 radical (unpaired) electrons. The molecule has 0 fully saturated rings. The molecule has 3 N–H and O–H groups in total. The molecule has 2 amide bonds. The van der Waals surface area contributed by atoms with Crippen LogP contribution < -0.4 is 10.6 Å². The van der Waals surface area contributed by atoms with E-state index in [-0.39, 0.29) is 6.42 Å². The van der Waals surface area contributed by atoms with Crippen LogP contribution in [0.2, 0.25) is 0 Å². The summed E-state index contributed by atoms with van der Waals surface area (Å²) in [4.78, 5) is 26.8. The Kier molecular flexibility index (Phi) is 4.17. The molecule has 1 atom stereocenters. The van der Waals surface area contributed by atoms with Crippen LogP contribution in [0.5, 0.6) is 0 Å². The Balaban J connectivity index is 2.04. The van der Waals surface area contributed by atoms with Gasteiger partial charge in [-0.05, 0) is 12.1 Å². The number of hydrogen-bond donors (Lipinski definition) is 3. The highest BCUT2D eigenvalue weighted by atomic mass is 32.1. The number of hydrogen-bond acceptors (Lipinski definition) is 4. The van der Waals surface area contributed by atoms with E-state index in [1.165, 1.54) is 11.3 Å². The second-order valence-corrected chi connectivity index (χ2v) is 4.91. The van der Waals surface area contributed by atoms with Gasteiger partial charge in [0, 0.05) is 6.42 Å². The fraction of sp³-hybridized carbons (Fsp3) is 0.154. The zero-order valence-electron chi connectivity index (χ0n) is 10.3. The van der Waals surface area contributed by atoms with Crippen molar-refractivity contribution in [2.75, 3.05) is 5.32 Å². The molecule has 1 aromatic heterocycles. The van der Waals surface area contributed by atoms with E-state index < -0.39 is 18.0 Å². The molecular formula is C13H11N3O3S. The summed E-state index contributed by atoms with van der Waals surface area (Å²) in [6.45, 7) is 0. The number of anilines is 1. The van der Waals surface area contributed by atoms with E-state index >= 15 is 0 Å². The van der Waals surface area contributed by atoms with Gasteiger partial charge >= 0.3 is 12.0 Å². The van der Waals surface area contributed by atoms with Crippen LogP contribution in [0, 0.1) is 12.3 Å². The van der Waals surface area contributed by atoms with Gasteiger partial charge < -0.3 is 10.4 Å². The summed E-state index contributed by atoms with van der Waals surface area (Å²) in [6.07, 6.45) is 4.97. The molecule has 2 rings (SSSR count). The van der Waals surface area contributed by atoms with Gasteiger partial charge in [-0.2, -0.15) is 0 Å². The molecule has 1 heterocycles. The molecule has 0 aliphatic rings. The molecule has 2 aromatic rings. The lowest BCUT2D eigenvalue weighted by molar-refractivity contribution is -0.139. The largest absolute Gasteiger partial charge is 0.480 e. The molecule has 20 heavy (non-hydrogen) atoms. The number of rotatable bonds is 4. The molecular weight excluding hydrogens is 278 g/mol. The van der Waals surface area contributed by atoms with Crippen molar-refractivity contribution in [3.05, 3.63) is 24.3 Å². The lowest BCUT2D eigenvalue weighted by Gasteiger charge is -2.11. The third-order valence-electron chi connectivity index (χ3n) is 2.44. The van der Waals surface area contributed by atoms with Gasteiger partial charge in [-0.1, -0.05) is 23.5 Å². The van der Waals surface area contributed by atoms with Crippen molar-refractivity contribution < 1.29 is 14.7 Å². The number of aliphatic carboxylic acids is 1. The number of thiazole rings is 1. The minimum absolute atomic E-state index is 0.0808. The van der Waals surface area contributed by atoms with Crippen molar-refractivity contribution in [2.24, 2.45) is 0 Å². The van der Waals surface area contributed by atoms with Crippen LogP contribution in [0.1, 0.15) is 6.42 Å². The Morgan fingerprint density at radius 3 is 2.85 bits per heavy atom. The molecule has 1 aromatic carbocycles. The SMILES string of the molecule is C#CCC(NC(=O)Nc1nc2ccccc2s1)C(=O)O. The van der Waals surface area contributed by atoms with Crippen LogP contribution in [0.4, 0.5) is 9.93 Å². The average molecular weight is 289 g/mol. The first kappa shape index (κ1) is 13.8. The summed E-state index contributed by atoms with van der Waals surface area (Å²) in [7, 11) is 0. The summed E-state index contributed by atoms with van der Waals surface area (Å²) in [5, 5.41) is 14.1. The predicted molar refractivity (Wildman–Crippen MR) is 76.6 cm³/mol. The quantitative estimate of drug-likeness (QED) is 0.750. The smallest absolute Gasteiger partial charge is 0.327 e. The number of carbonyl (C=O) groups excluding carboxylic acids is 1. The molecule has 0 spiro atoms. The van der Waals surface area contributed by atoms with E-state index in [4.69, 9.17) is 11.5 Å². The fourth-order valence-corrected chi connectivity index (χ4v) is 2.40. The van der Waals surface area contributed by atoms with Gasteiger partial charge in [-0.3, -0.25) is 5.32 Å². The number of carboxylic acids is 1. The number of carbonyl (C=O) groups is 2. The number of amides is 2. The van der Waals surface area contributed by atoms with E-state index in [0.717, 1.165) is 10.2 Å². The maximum atomic E-state index is 11.7. The van der Waals surface area contributed by atoms with E-state index in [9.17, 15) is 9.59 Å². The van der Waals surface area contributed by atoms with E-state index in [2.05, 4.69) is 21.5 Å². The highest BCUT2D eigenvalue weighted by molar-refractivity contribution is 7.22. The zero-order chi connectivity index (χ0) is 14.5. The van der Waals surface area contributed by atoms with Crippen molar-refractivity contribution in [3.63, 3.8) is 0 Å². The number of nitrogens with zero attached hydrogens (tertiary/aromatic N) is 1. The molecule has 0 saturated carbocycles. The standard InChI is InChI=1S/C13H11N3O3S/c1-2-5-9(11(17)18)14-12(19)16-13-15-8-6-3-4-7-10(8)20-13/h1,3-4,6-7,9H,5H2,(H,17,18)(H2,14,15,16,19). The van der Waals surface area contributed by atoms with Crippen molar-refractivity contribution >= 4 is 38.7 Å². The first-order valence-electron chi connectivity index (χ1n) is 5.69. The number of fused-ring (bicyclic) bond motifs is 1. The highest BCUT2D eigenvalue weighted by Gasteiger charge is 2.19.